The molecular weight excluding hydrogens is 364 g/mol. The van der Waals surface area contributed by atoms with E-state index < -0.39 is 0 Å². The standard InChI is InChI=1S/C23H34N4O2/c1-29-21-13-11-20(12-14-21)27-23(28)24-22(25-27)19-10-6-16-26(17-19)15-5-9-18-7-3-2-4-8-18/h11-14,18-19H,2-10,15-17H2,1H3,(H,24,25,28)/t19-/m0/s1. The van der Waals surface area contributed by atoms with Crippen LogP contribution in [0.5, 0.6) is 5.75 Å². The zero-order chi connectivity index (χ0) is 20.1. The number of likely N-dealkylation sites (tertiary alicyclic amines) is 1. The Labute approximate surface area is 173 Å². The fraction of sp³-hybridized carbons (Fsp3) is 0.652. The van der Waals surface area contributed by atoms with Crippen LogP contribution in [0.25, 0.3) is 5.69 Å². The Morgan fingerprint density at radius 3 is 2.66 bits per heavy atom. The van der Waals surface area contributed by atoms with Gasteiger partial charge >= 0.3 is 5.69 Å². The van der Waals surface area contributed by atoms with E-state index >= 15 is 0 Å². The minimum atomic E-state index is -0.167. The van der Waals surface area contributed by atoms with Gasteiger partial charge < -0.3 is 9.64 Å². The van der Waals surface area contributed by atoms with E-state index in [4.69, 9.17) is 4.74 Å². The van der Waals surface area contributed by atoms with Crippen LogP contribution in [0.4, 0.5) is 0 Å². The van der Waals surface area contributed by atoms with E-state index in [0.717, 1.165) is 36.1 Å². The van der Waals surface area contributed by atoms with Gasteiger partial charge in [-0.3, -0.25) is 4.98 Å². The number of nitrogens with zero attached hydrogens (tertiary/aromatic N) is 3. The largest absolute Gasteiger partial charge is 0.497 e. The third kappa shape index (κ3) is 5.10. The lowest BCUT2D eigenvalue weighted by atomic mass is 9.86. The molecule has 2 aromatic rings. The second-order valence-electron chi connectivity index (χ2n) is 8.71. The number of nitrogens with one attached hydrogen (secondary N) is 1. The number of rotatable bonds is 7. The Hall–Kier alpha value is -2.08. The van der Waals surface area contributed by atoms with Crippen LogP contribution in [0, 0.1) is 5.92 Å². The molecule has 2 fully saturated rings. The summed E-state index contributed by atoms with van der Waals surface area (Å²) in [6.07, 6.45) is 12.1. The van der Waals surface area contributed by atoms with Crippen LogP contribution in [0.3, 0.4) is 0 Å². The first-order valence-corrected chi connectivity index (χ1v) is 11.3. The predicted octanol–water partition coefficient (Wildman–Crippen LogP) is 4.11. The normalized spacial score (nSPS) is 21.3. The lowest BCUT2D eigenvalue weighted by molar-refractivity contribution is 0.193. The maximum atomic E-state index is 12.5. The quantitative estimate of drug-likeness (QED) is 0.762. The number of benzene rings is 1. The number of methoxy groups -OCH3 is 1. The zero-order valence-corrected chi connectivity index (χ0v) is 17.6. The minimum Gasteiger partial charge on any atom is -0.497 e. The van der Waals surface area contributed by atoms with E-state index in [-0.39, 0.29) is 5.69 Å². The van der Waals surface area contributed by atoms with Gasteiger partial charge in [-0.25, -0.2) is 4.79 Å². The van der Waals surface area contributed by atoms with E-state index in [9.17, 15) is 4.79 Å². The average Bonchev–Trinajstić information content (AvgIpc) is 3.16. The van der Waals surface area contributed by atoms with Gasteiger partial charge in [-0.2, -0.15) is 4.68 Å². The summed E-state index contributed by atoms with van der Waals surface area (Å²) in [4.78, 5) is 18.0. The molecule has 2 heterocycles. The smallest absolute Gasteiger partial charge is 0.348 e. The summed E-state index contributed by atoms with van der Waals surface area (Å²) in [6.45, 7) is 3.35. The molecule has 1 N–H and O–H groups in total. The predicted molar refractivity (Wildman–Crippen MR) is 115 cm³/mol. The molecule has 1 aliphatic carbocycles. The molecule has 0 unspecified atom stereocenters. The lowest BCUT2D eigenvalue weighted by Gasteiger charge is -2.32. The molecule has 0 amide bonds. The van der Waals surface area contributed by atoms with Gasteiger partial charge in [0.1, 0.15) is 11.6 Å². The Morgan fingerprint density at radius 1 is 1.10 bits per heavy atom. The molecule has 0 radical (unpaired) electrons. The molecule has 1 aromatic heterocycles. The van der Waals surface area contributed by atoms with Gasteiger partial charge in [0, 0.05) is 12.5 Å². The van der Waals surface area contributed by atoms with Gasteiger partial charge in [0.15, 0.2) is 0 Å². The van der Waals surface area contributed by atoms with Gasteiger partial charge in [0.2, 0.25) is 0 Å². The molecule has 158 valence electrons. The number of hydrogen-bond donors (Lipinski definition) is 1. The molecule has 2 aliphatic rings. The van der Waals surface area contributed by atoms with E-state index in [1.165, 1.54) is 69.1 Å². The van der Waals surface area contributed by atoms with Crippen molar-refractivity contribution in [3.8, 4) is 11.4 Å². The maximum absolute atomic E-state index is 12.5. The van der Waals surface area contributed by atoms with E-state index in [2.05, 4.69) is 15.0 Å². The van der Waals surface area contributed by atoms with E-state index in [1.54, 1.807) is 7.11 Å². The number of ether oxygens (including phenoxy) is 1. The minimum absolute atomic E-state index is 0.167. The lowest BCUT2D eigenvalue weighted by Crippen LogP contribution is -2.35. The van der Waals surface area contributed by atoms with Crippen molar-refractivity contribution in [3.05, 3.63) is 40.6 Å². The summed E-state index contributed by atoms with van der Waals surface area (Å²) in [7, 11) is 1.64. The second kappa shape index (κ2) is 9.61. The number of hydrogen-bond acceptors (Lipinski definition) is 4. The van der Waals surface area contributed by atoms with Crippen molar-refractivity contribution in [2.75, 3.05) is 26.7 Å². The Bertz CT molecular complexity index is 820. The molecule has 1 saturated carbocycles. The third-order valence-corrected chi connectivity index (χ3v) is 6.66. The molecule has 0 spiro atoms. The first-order valence-electron chi connectivity index (χ1n) is 11.3. The van der Waals surface area contributed by atoms with Crippen molar-refractivity contribution in [2.24, 2.45) is 5.92 Å². The highest BCUT2D eigenvalue weighted by Gasteiger charge is 2.25. The fourth-order valence-electron chi connectivity index (χ4n) is 4.98. The van der Waals surface area contributed by atoms with Crippen LogP contribution in [0.1, 0.15) is 69.5 Å². The molecule has 1 aliphatic heterocycles. The van der Waals surface area contributed by atoms with Crippen LogP contribution in [-0.4, -0.2) is 46.4 Å². The molecule has 0 bridgehead atoms. The Balaban J connectivity index is 1.34. The Kier molecular flexibility index (Phi) is 6.70. The topological polar surface area (TPSA) is 63.1 Å². The van der Waals surface area contributed by atoms with Gasteiger partial charge in [-0.05, 0) is 69.0 Å². The highest BCUT2D eigenvalue weighted by atomic mass is 16.5. The summed E-state index contributed by atoms with van der Waals surface area (Å²) in [6, 6.07) is 7.43. The van der Waals surface area contributed by atoms with Crippen molar-refractivity contribution < 1.29 is 4.74 Å². The summed E-state index contributed by atoms with van der Waals surface area (Å²) >= 11 is 0. The van der Waals surface area contributed by atoms with Gasteiger partial charge in [0.05, 0.1) is 12.8 Å². The van der Waals surface area contributed by atoms with Crippen LogP contribution in [-0.2, 0) is 0 Å². The van der Waals surface area contributed by atoms with Gasteiger partial charge in [0.25, 0.3) is 0 Å². The summed E-state index contributed by atoms with van der Waals surface area (Å²) < 4.78 is 6.67. The van der Waals surface area contributed by atoms with E-state index in [1.807, 2.05) is 24.3 Å². The van der Waals surface area contributed by atoms with Crippen molar-refractivity contribution in [3.63, 3.8) is 0 Å². The first kappa shape index (κ1) is 20.2. The first-order chi connectivity index (χ1) is 14.2. The number of aromatic amines is 1. The van der Waals surface area contributed by atoms with Crippen LogP contribution in [0.2, 0.25) is 0 Å². The molecule has 6 nitrogen and oxygen atoms in total. The SMILES string of the molecule is COc1ccc(-n2nc([C@H]3CCCN(CCCC4CCCCC4)C3)[nH]c2=O)cc1. The second-order valence-corrected chi connectivity index (χ2v) is 8.71. The fourth-order valence-corrected chi connectivity index (χ4v) is 4.98. The average molecular weight is 399 g/mol. The monoisotopic (exact) mass is 398 g/mol. The summed E-state index contributed by atoms with van der Waals surface area (Å²) in [5, 5.41) is 4.63. The summed E-state index contributed by atoms with van der Waals surface area (Å²) in [5.74, 6) is 2.86. The number of piperidine rings is 1. The highest BCUT2D eigenvalue weighted by molar-refractivity contribution is 5.36. The maximum Gasteiger partial charge on any atom is 0.348 e. The van der Waals surface area contributed by atoms with Crippen LogP contribution < -0.4 is 10.4 Å². The number of aromatic nitrogens is 3. The zero-order valence-electron chi connectivity index (χ0n) is 17.6. The molecule has 4 rings (SSSR count). The van der Waals surface area contributed by atoms with Gasteiger partial charge in [-0.15, -0.1) is 5.10 Å². The highest BCUT2D eigenvalue weighted by Crippen LogP contribution is 2.28. The molecule has 1 saturated heterocycles. The van der Waals surface area contributed by atoms with Crippen molar-refractivity contribution in [1.29, 1.82) is 0 Å². The molecule has 29 heavy (non-hydrogen) atoms. The molecule has 1 aromatic carbocycles. The van der Waals surface area contributed by atoms with Gasteiger partial charge in [-0.1, -0.05) is 32.1 Å². The van der Waals surface area contributed by atoms with E-state index in [0.29, 0.717) is 5.92 Å². The van der Waals surface area contributed by atoms with Crippen molar-refractivity contribution in [1.82, 2.24) is 19.7 Å². The third-order valence-electron chi connectivity index (χ3n) is 6.66. The summed E-state index contributed by atoms with van der Waals surface area (Å²) in [5.41, 5.74) is 0.595. The van der Waals surface area contributed by atoms with Crippen molar-refractivity contribution >= 4 is 0 Å². The van der Waals surface area contributed by atoms with Crippen LogP contribution in [0.15, 0.2) is 29.1 Å². The number of H-pyrrole nitrogens is 1. The molecule has 6 heteroatoms. The van der Waals surface area contributed by atoms with Crippen LogP contribution >= 0.6 is 0 Å². The Morgan fingerprint density at radius 2 is 1.90 bits per heavy atom. The molecular formula is C23H34N4O2. The molecule has 1 atom stereocenters. The van der Waals surface area contributed by atoms with Crippen molar-refractivity contribution in [2.45, 2.75) is 63.7 Å².